The van der Waals surface area contributed by atoms with E-state index < -0.39 is 22.3 Å². The topological polar surface area (TPSA) is 135 Å². The molecule has 1 atom stereocenters. The molecule has 0 spiro atoms. The fourth-order valence-electron chi connectivity index (χ4n) is 2.08. The van der Waals surface area contributed by atoms with Crippen molar-refractivity contribution in [2.45, 2.75) is 19.4 Å². The molecule has 1 heterocycles. The number of rotatable bonds is 5. The molecule has 2 amide bonds. The summed E-state index contributed by atoms with van der Waals surface area (Å²) in [5, 5.41) is 25.7. The van der Waals surface area contributed by atoms with Gasteiger partial charge >= 0.3 is 11.8 Å². The summed E-state index contributed by atoms with van der Waals surface area (Å²) in [4.78, 5) is 34.2. The highest BCUT2D eigenvalue weighted by atomic mass is 16.6. The number of aliphatic hydroxyl groups is 1. The zero-order valence-corrected chi connectivity index (χ0v) is 13.6. The van der Waals surface area contributed by atoms with Crippen LogP contribution < -0.4 is 10.6 Å². The van der Waals surface area contributed by atoms with Gasteiger partial charge in [-0.3, -0.25) is 19.7 Å². The van der Waals surface area contributed by atoms with Crippen molar-refractivity contribution in [1.82, 2.24) is 5.32 Å². The molecule has 9 heteroatoms. The van der Waals surface area contributed by atoms with Gasteiger partial charge in [0.2, 0.25) is 0 Å². The predicted molar refractivity (Wildman–Crippen MR) is 87.8 cm³/mol. The second-order valence-corrected chi connectivity index (χ2v) is 5.67. The Balaban J connectivity index is 2.02. The van der Waals surface area contributed by atoms with Crippen LogP contribution in [0.15, 0.2) is 41.0 Å². The molecule has 0 aliphatic heterocycles. The molecule has 0 aliphatic rings. The molecule has 132 valence electrons. The van der Waals surface area contributed by atoms with E-state index in [1.165, 1.54) is 31.4 Å². The summed E-state index contributed by atoms with van der Waals surface area (Å²) in [5.74, 6) is -1.90. The highest BCUT2D eigenvalue weighted by Gasteiger charge is 2.28. The average Bonchev–Trinajstić information content (AvgIpc) is 3.09. The monoisotopic (exact) mass is 347 g/mol. The fourth-order valence-corrected chi connectivity index (χ4v) is 2.08. The van der Waals surface area contributed by atoms with Crippen LogP contribution in [0, 0.1) is 17.0 Å². The number of nitrogens with zero attached hydrogens (tertiary/aromatic N) is 1. The Morgan fingerprint density at radius 2 is 2.04 bits per heavy atom. The first-order valence-corrected chi connectivity index (χ1v) is 7.31. The maximum absolute atomic E-state index is 11.9. The Hall–Kier alpha value is -3.20. The molecule has 0 aliphatic carbocycles. The number of hydrogen-bond donors (Lipinski definition) is 3. The first-order chi connectivity index (χ1) is 11.7. The average molecular weight is 347 g/mol. The number of nitro benzene ring substituents is 1. The van der Waals surface area contributed by atoms with E-state index in [0.717, 1.165) is 0 Å². The Morgan fingerprint density at radius 3 is 2.64 bits per heavy atom. The smallest absolute Gasteiger partial charge is 0.313 e. The lowest BCUT2D eigenvalue weighted by Gasteiger charge is -2.20. The number of carbonyl (C=O) groups excluding carboxylic acids is 2. The maximum Gasteiger partial charge on any atom is 0.313 e. The number of nitrogens with one attached hydrogen (secondary N) is 2. The molecule has 2 aromatic rings. The van der Waals surface area contributed by atoms with Crippen LogP contribution in [0.2, 0.25) is 0 Å². The van der Waals surface area contributed by atoms with Gasteiger partial charge in [0, 0.05) is 6.07 Å². The summed E-state index contributed by atoms with van der Waals surface area (Å²) in [6, 6.07) is 7.31. The largest absolute Gasteiger partial charge is 0.466 e. The third kappa shape index (κ3) is 4.42. The SMILES string of the molecule is Cc1ccc(NC(=O)C(=O)NCC(C)(O)c2ccco2)c([N+](=O)[O-])c1. The number of hydrogen-bond acceptors (Lipinski definition) is 6. The summed E-state index contributed by atoms with van der Waals surface area (Å²) in [5.41, 5.74) is -1.27. The van der Waals surface area contributed by atoms with E-state index in [-0.39, 0.29) is 23.7 Å². The van der Waals surface area contributed by atoms with E-state index in [1.54, 1.807) is 19.1 Å². The molecular formula is C16H17N3O6. The van der Waals surface area contributed by atoms with Crippen LogP contribution in [0.3, 0.4) is 0 Å². The second-order valence-electron chi connectivity index (χ2n) is 5.67. The van der Waals surface area contributed by atoms with Gasteiger partial charge in [-0.15, -0.1) is 0 Å². The maximum atomic E-state index is 11.9. The second kappa shape index (κ2) is 7.14. The number of benzene rings is 1. The minimum absolute atomic E-state index is 0.0893. The molecule has 0 bridgehead atoms. The molecule has 0 saturated carbocycles. The minimum atomic E-state index is -1.50. The van der Waals surface area contributed by atoms with Crippen molar-refractivity contribution >= 4 is 23.2 Å². The van der Waals surface area contributed by atoms with E-state index in [1.807, 2.05) is 0 Å². The Bertz CT molecular complexity index is 798. The molecule has 9 nitrogen and oxygen atoms in total. The zero-order valence-electron chi connectivity index (χ0n) is 13.6. The minimum Gasteiger partial charge on any atom is -0.466 e. The lowest BCUT2D eigenvalue weighted by atomic mass is 10.0. The molecule has 0 fully saturated rings. The molecule has 2 rings (SSSR count). The summed E-state index contributed by atoms with van der Waals surface area (Å²) >= 11 is 0. The van der Waals surface area contributed by atoms with Gasteiger partial charge in [-0.2, -0.15) is 0 Å². The first-order valence-electron chi connectivity index (χ1n) is 7.31. The van der Waals surface area contributed by atoms with Crippen LogP contribution in [-0.4, -0.2) is 28.4 Å². The normalized spacial score (nSPS) is 12.9. The molecule has 0 saturated heterocycles. The van der Waals surface area contributed by atoms with Crippen LogP contribution >= 0.6 is 0 Å². The van der Waals surface area contributed by atoms with Crippen LogP contribution in [0.25, 0.3) is 0 Å². The molecule has 3 N–H and O–H groups in total. The van der Waals surface area contributed by atoms with Gasteiger partial charge in [-0.05, 0) is 37.6 Å². The van der Waals surface area contributed by atoms with Crippen molar-refractivity contribution in [3.8, 4) is 0 Å². The van der Waals surface area contributed by atoms with Crippen molar-refractivity contribution in [2.24, 2.45) is 0 Å². The van der Waals surface area contributed by atoms with Crippen molar-refractivity contribution < 1.29 is 24.0 Å². The zero-order chi connectivity index (χ0) is 18.6. The van der Waals surface area contributed by atoms with E-state index in [9.17, 15) is 24.8 Å². The van der Waals surface area contributed by atoms with Gasteiger partial charge < -0.3 is 20.2 Å². The Labute approximate surface area is 142 Å². The van der Waals surface area contributed by atoms with Gasteiger partial charge in [-0.1, -0.05) is 6.07 Å². The lowest BCUT2D eigenvalue weighted by molar-refractivity contribution is -0.384. The number of carbonyl (C=O) groups is 2. The molecule has 0 radical (unpaired) electrons. The van der Waals surface area contributed by atoms with Crippen molar-refractivity contribution in [3.05, 3.63) is 58.0 Å². The number of anilines is 1. The quantitative estimate of drug-likeness (QED) is 0.426. The summed E-state index contributed by atoms with van der Waals surface area (Å²) in [7, 11) is 0. The molecule has 1 unspecified atom stereocenters. The highest BCUT2D eigenvalue weighted by molar-refractivity contribution is 6.39. The van der Waals surface area contributed by atoms with Crippen LogP contribution in [0.4, 0.5) is 11.4 Å². The standard InChI is InChI=1S/C16H17N3O6/c1-10-5-6-11(12(8-10)19(23)24)18-15(21)14(20)17-9-16(2,22)13-4-3-7-25-13/h3-8,22H,9H2,1-2H3,(H,17,20)(H,18,21). The van der Waals surface area contributed by atoms with Crippen molar-refractivity contribution in [3.63, 3.8) is 0 Å². The summed E-state index contributed by atoms with van der Waals surface area (Å²) < 4.78 is 5.06. The van der Waals surface area contributed by atoms with Gasteiger partial charge in [-0.25, -0.2) is 0 Å². The number of amides is 2. The van der Waals surface area contributed by atoms with Gasteiger partial charge in [0.05, 0.1) is 17.7 Å². The van der Waals surface area contributed by atoms with Crippen molar-refractivity contribution in [1.29, 1.82) is 0 Å². The molecule has 1 aromatic heterocycles. The highest BCUT2D eigenvalue weighted by Crippen LogP contribution is 2.25. The molecular weight excluding hydrogens is 330 g/mol. The third-order valence-corrected chi connectivity index (χ3v) is 3.45. The Kier molecular flexibility index (Phi) is 5.18. The molecule has 1 aromatic carbocycles. The van der Waals surface area contributed by atoms with Gasteiger partial charge in [0.25, 0.3) is 5.69 Å². The van der Waals surface area contributed by atoms with Gasteiger partial charge in [0.1, 0.15) is 17.0 Å². The van der Waals surface area contributed by atoms with E-state index in [0.29, 0.717) is 5.56 Å². The van der Waals surface area contributed by atoms with E-state index in [2.05, 4.69) is 10.6 Å². The van der Waals surface area contributed by atoms with Gasteiger partial charge in [0.15, 0.2) is 0 Å². The third-order valence-electron chi connectivity index (χ3n) is 3.45. The lowest BCUT2D eigenvalue weighted by Crippen LogP contribution is -2.43. The number of nitro groups is 1. The molecule has 25 heavy (non-hydrogen) atoms. The van der Waals surface area contributed by atoms with Crippen LogP contribution in [-0.2, 0) is 15.2 Å². The fraction of sp³-hybridized carbons (Fsp3) is 0.250. The summed E-state index contributed by atoms with van der Waals surface area (Å²) in [6.07, 6.45) is 1.37. The van der Waals surface area contributed by atoms with E-state index in [4.69, 9.17) is 4.42 Å². The van der Waals surface area contributed by atoms with Crippen LogP contribution in [0.5, 0.6) is 0 Å². The predicted octanol–water partition coefficient (Wildman–Crippen LogP) is 1.46. The summed E-state index contributed by atoms with van der Waals surface area (Å²) in [6.45, 7) is 2.81. The van der Waals surface area contributed by atoms with Crippen molar-refractivity contribution in [2.75, 3.05) is 11.9 Å². The van der Waals surface area contributed by atoms with E-state index >= 15 is 0 Å². The Morgan fingerprint density at radius 1 is 1.32 bits per heavy atom. The number of aryl methyl sites for hydroxylation is 1. The first kappa shape index (κ1) is 18.1. The number of furan rings is 1. The van der Waals surface area contributed by atoms with Crippen LogP contribution in [0.1, 0.15) is 18.2 Å².